The molecule has 4 heteroatoms. The van der Waals surface area contributed by atoms with E-state index in [0.717, 1.165) is 24.7 Å². The summed E-state index contributed by atoms with van der Waals surface area (Å²) in [6.45, 7) is 5.89. The molecule has 0 aliphatic heterocycles. The van der Waals surface area contributed by atoms with Crippen LogP contribution in [-0.2, 0) is 0 Å². The average Bonchev–Trinajstić information content (AvgIpc) is 3.05. The topological polar surface area (TPSA) is 45.2 Å². The Hall–Kier alpha value is -1.58. The molecule has 1 heterocycles. The molecule has 1 aromatic rings. The third-order valence-electron chi connectivity index (χ3n) is 3.55. The Morgan fingerprint density at radius 3 is 2.94 bits per heavy atom. The van der Waals surface area contributed by atoms with Crippen molar-refractivity contribution >= 4 is 11.6 Å². The van der Waals surface area contributed by atoms with E-state index in [2.05, 4.69) is 17.2 Å². The zero-order valence-corrected chi connectivity index (χ0v) is 11.3. The fraction of sp³-hybridized carbons (Fsp3) is 0.571. The van der Waals surface area contributed by atoms with Gasteiger partial charge in [-0.1, -0.05) is 6.92 Å². The van der Waals surface area contributed by atoms with Gasteiger partial charge < -0.3 is 10.2 Å². The van der Waals surface area contributed by atoms with Crippen molar-refractivity contribution in [1.29, 1.82) is 0 Å². The first-order chi connectivity index (χ1) is 8.63. The molecule has 0 saturated heterocycles. The monoisotopic (exact) mass is 247 g/mol. The van der Waals surface area contributed by atoms with Crippen molar-refractivity contribution in [2.24, 2.45) is 11.8 Å². The molecule has 1 aromatic heterocycles. The Morgan fingerprint density at radius 2 is 2.33 bits per heavy atom. The lowest BCUT2D eigenvalue weighted by atomic mass is 10.2. The van der Waals surface area contributed by atoms with E-state index in [-0.39, 0.29) is 5.91 Å². The van der Waals surface area contributed by atoms with Gasteiger partial charge in [-0.2, -0.15) is 0 Å². The van der Waals surface area contributed by atoms with Crippen LogP contribution in [0.2, 0.25) is 0 Å². The molecule has 1 aliphatic rings. The zero-order chi connectivity index (χ0) is 13.1. The number of hydrogen-bond donors (Lipinski definition) is 1. The summed E-state index contributed by atoms with van der Waals surface area (Å²) in [4.78, 5) is 18.2. The van der Waals surface area contributed by atoms with E-state index in [4.69, 9.17) is 0 Å². The van der Waals surface area contributed by atoms with E-state index in [1.54, 1.807) is 18.5 Å². The van der Waals surface area contributed by atoms with Crippen molar-refractivity contribution in [3.05, 3.63) is 24.0 Å². The molecular weight excluding hydrogens is 226 g/mol. The fourth-order valence-corrected chi connectivity index (χ4v) is 2.21. The van der Waals surface area contributed by atoms with Crippen LogP contribution in [0.4, 0.5) is 5.69 Å². The van der Waals surface area contributed by atoms with Gasteiger partial charge in [0.25, 0.3) is 5.91 Å². The second kappa shape index (κ2) is 5.38. The number of aromatic nitrogens is 1. The van der Waals surface area contributed by atoms with E-state index in [0.29, 0.717) is 11.5 Å². The van der Waals surface area contributed by atoms with E-state index >= 15 is 0 Å². The molecule has 0 radical (unpaired) electrons. The molecule has 98 valence electrons. The van der Waals surface area contributed by atoms with Crippen molar-refractivity contribution in [3.8, 4) is 0 Å². The minimum absolute atomic E-state index is 0.0763. The second-order valence-electron chi connectivity index (χ2n) is 5.11. The molecule has 4 nitrogen and oxygen atoms in total. The van der Waals surface area contributed by atoms with Gasteiger partial charge in [-0.3, -0.25) is 9.78 Å². The highest BCUT2D eigenvalue weighted by molar-refractivity contribution is 5.99. The number of anilines is 1. The predicted molar refractivity (Wildman–Crippen MR) is 72.6 cm³/mol. The lowest BCUT2D eigenvalue weighted by molar-refractivity contribution is 0.0788. The third kappa shape index (κ3) is 2.81. The van der Waals surface area contributed by atoms with Crippen LogP contribution >= 0.6 is 0 Å². The summed E-state index contributed by atoms with van der Waals surface area (Å²) < 4.78 is 0. The van der Waals surface area contributed by atoms with Gasteiger partial charge in [-0.25, -0.2) is 0 Å². The molecule has 0 spiro atoms. The number of nitrogens with one attached hydrogen (secondary N) is 1. The molecule has 0 aromatic carbocycles. The molecule has 1 fully saturated rings. The number of pyridine rings is 1. The number of carbonyl (C=O) groups is 1. The SMILES string of the molecule is CCNc1cnccc1C(=O)N(C)CC1CC1C. The smallest absolute Gasteiger partial charge is 0.255 e. The molecule has 1 N–H and O–H groups in total. The van der Waals surface area contributed by atoms with E-state index in [9.17, 15) is 4.79 Å². The lowest BCUT2D eigenvalue weighted by Crippen LogP contribution is -2.29. The Morgan fingerprint density at radius 1 is 1.61 bits per heavy atom. The van der Waals surface area contributed by atoms with E-state index in [1.807, 2.05) is 18.9 Å². The summed E-state index contributed by atoms with van der Waals surface area (Å²) in [5, 5.41) is 3.18. The largest absolute Gasteiger partial charge is 0.383 e. The Labute approximate surface area is 108 Å². The van der Waals surface area contributed by atoms with Gasteiger partial charge in [0.15, 0.2) is 0 Å². The standard InChI is InChI=1S/C14H21N3O/c1-4-16-13-8-15-6-5-12(13)14(18)17(3)9-11-7-10(11)2/h5-6,8,10-11,16H,4,7,9H2,1-3H3. The van der Waals surface area contributed by atoms with Crippen molar-refractivity contribution in [2.75, 3.05) is 25.5 Å². The average molecular weight is 247 g/mol. The number of hydrogen-bond acceptors (Lipinski definition) is 3. The maximum atomic E-state index is 12.4. The second-order valence-corrected chi connectivity index (χ2v) is 5.11. The van der Waals surface area contributed by atoms with Crippen LogP contribution in [0.3, 0.4) is 0 Å². The van der Waals surface area contributed by atoms with Crippen LogP contribution in [0.1, 0.15) is 30.6 Å². The van der Waals surface area contributed by atoms with Gasteiger partial charge in [-0.05, 0) is 31.2 Å². The third-order valence-corrected chi connectivity index (χ3v) is 3.55. The molecule has 1 saturated carbocycles. The van der Waals surface area contributed by atoms with Crippen LogP contribution in [-0.4, -0.2) is 35.9 Å². The first kappa shape index (κ1) is 12.9. The van der Waals surface area contributed by atoms with Gasteiger partial charge in [0.1, 0.15) is 0 Å². The van der Waals surface area contributed by atoms with Gasteiger partial charge in [0, 0.05) is 26.3 Å². The van der Waals surface area contributed by atoms with Crippen molar-refractivity contribution in [1.82, 2.24) is 9.88 Å². The van der Waals surface area contributed by atoms with Crippen LogP contribution in [0, 0.1) is 11.8 Å². The first-order valence-corrected chi connectivity index (χ1v) is 6.56. The van der Waals surface area contributed by atoms with Crippen LogP contribution in [0.25, 0.3) is 0 Å². The number of carbonyl (C=O) groups excluding carboxylic acids is 1. The van der Waals surface area contributed by atoms with Gasteiger partial charge >= 0.3 is 0 Å². The minimum Gasteiger partial charge on any atom is -0.383 e. The highest BCUT2D eigenvalue weighted by Crippen LogP contribution is 2.38. The normalized spacial score (nSPS) is 21.5. The maximum absolute atomic E-state index is 12.4. The van der Waals surface area contributed by atoms with Crippen LogP contribution < -0.4 is 5.32 Å². The number of rotatable bonds is 5. The van der Waals surface area contributed by atoms with Crippen molar-refractivity contribution in [3.63, 3.8) is 0 Å². The van der Waals surface area contributed by atoms with Gasteiger partial charge in [-0.15, -0.1) is 0 Å². The highest BCUT2D eigenvalue weighted by Gasteiger charge is 2.34. The van der Waals surface area contributed by atoms with E-state index in [1.165, 1.54) is 6.42 Å². The summed E-state index contributed by atoms with van der Waals surface area (Å²) in [5.41, 5.74) is 1.53. The molecule has 1 aliphatic carbocycles. The molecule has 2 atom stereocenters. The van der Waals surface area contributed by atoms with Crippen molar-refractivity contribution < 1.29 is 4.79 Å². The molecular formula is C14H21N3O. The predicted octanol–water partition coefficient (Wildman–Crippen LogP) is 2.24. The molecule has 1 amide bonds. The van der Waals surface area contributed by atoms with E-state index < -0.39 is 0 Å². The fourth-order valence-electron chi connectivity index (χ4n) is 2.21. The van der Waals surface area contributed by atoms with Crippen LogP contribution in [0.5, 0.6) is 0 Å². The molecule has 2 rings (SSSR count). The quantitative estimate of drug-likeness (QED) is 0.868. The molecule has 0 bridgehead atoms. The Balaban J connectivity index is 2.07. The van der Waals surface area contributed by atoms with Gasteiger partial charge in [0.2, 0.25) is 0 Å². The Kier molecular flexibility index (Phi) is 3.84. The zero-order valence-electron chi connectivity index (χ0n) is 11.3. The van der Waals surface area contributed by atoms with Crippen LogP contribution in [0.15, 0.2) is 18.5 Å². The highest BCUT2D eigenvalue weighted by atomic mass is 16.2. The molecule has 18 heavy (non-hydrogen) atoms. The summed E-state index contributed by atoms with van der Waals surface area (Å²) in [6.07, 6.45) is 4.63. The minimum atomic E-state index is 0.0763. The Bertz CT molecular complexity index is 433. The number of nitrogens with zero attached hydrogens (tertiary/aromatic N) is 2. The summed E-state index contributed by atoms with van der Waals surface area (Å²) in [5.74, 6) is 1.53. The summed E-state index contributed by atoms with van der Waals surface area (Å²) >= 11 is 0. The summed E-state index contributed by atoms with van der Waals surface area (Å²) in [7, 11) is 1.88. The lowest BCUT2D eigenvalue weighted by Gasteiger charge is -2.19. The summed E-state index contributed by atoms with van der Waals surface area (Å²) in [6, 6.07) is 1.78. The molecule has 2 unspecified atom stereocenters. The maximum Gasteiger partial charge on any atom is 0.255 e. The van der Waals surface area contributed by atoms with Crippen molar-refractivity contribution in [2.45, 2.75) is 20.3 Å². The van der Waals surface area contributed by atoms with Gasteiger partial charge in [0.05, 0.1) is 17.4 Å². The first-order valence-electron chi connectivity index (χ1n) is 6.56. The number of amides is 1.